The second-order valence-electron chi connectivity index (χ2n) is 5.13. The highest BCUT2D eigenvalue weighted by Crippen LogP contribution is 2.12. The fourth-order valence-electron chi connectivity index (χ4n) is 2.12. The van der Waals surface area contributed by atoms with Gasteiger partial charge in [0.15, 0.2) is 5.78 Å². The van der Waals surface area contributed by atoms with Gasteiger partial charge < -0.3 is 5.73 Å². The number of nitrogens with zero attached hydrogens (tertiary/aromatic N) is 1. The third-order valence-corrected chi connectivity index (χ3v) is 3.78. The molecule has 21 heavy (non-hydrogen) atoms. The Balaban J connectivity index is 2.39. The van der Waals surface area contributed by atoms with Gasteiger partial charge in [0.05, 0.1) is 6.54 Å². The minimum Gasteiger partial charge on any atom is -0.369 e. The highest BCUT2D eigenvalue weighted by Gasteiger charge is 2.10. The number of amides is 1. The van der Waals surface area contributed by atoms with E-state index in [0.717, 1.165) is 42.4 Å². The van der Waals surface area contributed by atoms with E-state index < -0.39 is 0 Å². The van der Waals surface area contributed by atoms with Crippen LogP contribution in [0.4, 0.5) is 0 Å². The van der Waals surface area contributed by atoms with E-state index in [4.69, 9.17) is 5.73 Å². The van der Waals surface area contributed by atoms with Crippen molar-refractivity contribution in [1.82, 2.24) is 4.90 Å². The van der Waals surface area contributed by atoms with E-state index in [1.807, 2.05) is 29.2 Å². The van der Waals surface area contributed by atoms with Gasteiger partial charge in [-0.1, -0.05) is 41.4 Å². The number of nitrogens with two attached hydrogens (primary N) is 1. The third-order valence-electron chi connectivity index (χ3n) is 3.25. The molecule has 0 bridgehead atoms. The molecule has 1 aromatic carbocycles. The van der Waals surface area contributed by atoms with Crippen LogP contribution in [-0.2, 0) is 4.79 Å². The lowest BCUT2D eigenvalue weighted by atomic mass is 10.1. The van der Waals surface area contributed by atoms with Gasteiger partial charge in [-0.15, -0.1) is 0 Å². The van der Waals surface area contributed by atoms with Crippen LogP contribution in [0.3, 0.4) is 0 Å². The molecule has 0 saturated carbocycles. The Bertz CT molecular complexity index is 460. The molecule has 0 fully saturated rings. The number of primary amides is 1. The van der Waals surface area contributed by atoms with Crippen LogP contribution in [0.15, 0.2) is 28.7 Å². The minimum atomic E-state index is -0.315. The summed E-state index contributed by atoms with van der Waals surface area (Å²) < 4.78 is 0.964. The number of benzene rings is 1. The molecule has 0 unspecified atom stereocenters. The molecule has 1 amide bonds. The quantitative estimate of drug-likeness (QED) is 0.657. The number of hydrogen-bond acceptors (Lipinski definition) is 3. The Kier molecular flexibility index (Phi) is 8.23. The second-order valence-corrected chi connectivity index (χ2v) is 6.05. The van der Waals surface area contributed by atoms with E-state index in [-0.39, 0.29) is 18.2 Å². The average Bonchev–Trinajstić information content (AvgIpc) is 2.44. The Morgan fingerprint density at radius 3 is 2.33 bits per heavy atom. The van der Waals surface area contributed by atoms with Crippen LogP contribution in [0.25, 0.3) is 0 Å². The molecule has 116 valence electrons. The third kappa shape index (κ3) is 7.39. The highest BCUT2D eigenvalue weighted by atomic mass is 79.9. The lowest BCUT2D eigenvalue weighted by Crippen LogP contribution is -2.35. The summed E-state index contributed by atoms with van der Waals surface area (Å²) in [7, 11) is 0. The van der Waals surface area contributed by atoms with Crippen LogP contribution in [0.2, 0.25) is 0 Å². The number of hydrogen-bond donors (Lipinski definition) is 1. The molecule has 0 spiro atoms. The first kappa shape index (κ1) is 17.9. The molecule has 1 aromatic rings. The fraction of sp³-hybridized carbons (Fsp3) is 0.500. The van der Waals surface area contributed by atoms with E-state index in [0.29, 0.717) is 6.42 Å². The summed E-state index contributed by atoms with van der Waals surface area (Å²) in [6.07, 6.45) is 3.34. The Labute approximate surface area is 134 Å². The smallest absolute Gasteiger partial charge is 0.231 e. The van der Waals surface area contributed by atoms with Crippen molar-refractivity contribution in [3.63, 3.8) is 0 Å². The van der Waals surface area contributed by atoms with Crippen molar-refractivity contribution < 1.29 is 9.59 Å². The van der Waals surface area contributed by atoms with Crippen molar-refractivity contribution in [1.29, 1.82) is 0 Å². The summed E-state index contributed by atoms with van der Waals surface area (Å²) in [4.78, 5) is 25.1. The van der Waals surface area contributed by atoms with Crippen molar-refractivity contribution in [2.75, 3.05) is 19.6 Å². The summed E-state index contributed by atoms with van der Waals surface area (Å²) >= 11 is 3.35. The van der Waals surface area contributed by atoms with E-state index >= 15 is 0 Å². The Morgan fingerprint density at radius 1 is 1.14 bits per heavy atom. The number of unbranched alkanes of at least 4 members (excludes halogenated alkanes) is 1. The average molecular weight is 355 g/mol. The maximum absolute atomic E-state index is 12.0. The standard InChI is InChI=1S/C16H23BrN2O2/c1-2-3-10-19(12-16(18)21)11-4-5-15(20)13-6-8-14(17)9-7-13/h6-9H,2-5,10-12H2,1H3,(H2,18,21). The summed E-state index contributed by atoms with van der Waals surface area (Å²) in [5.41, 5.74) is 5.98. The lowest BCUT2D eigenvalue weighted by molar-refractivity contribution is -0.119. The molecule has 0 aliphatic rings. The minimum absolute atomic E-state index is 0.136. The molecule has 4 nitrogen and oxygen atoms in total. The van der Waals surface area contributed by atoms with Crippen molar-refractivity contribution in [2.24, 2.45) is 5.73 Å². The van der Waals surface area contributed by atoms with Gasteiger partial charge in [-0.3, -0.25) is 14.5 Å². The molecule has 0 aliphatic heterocycles. The number of Topliss-reactive ketones (excluding diaryl/α,β-unsaturated/α-hetero) is 1. The van der Waals surface area contributed by atoms with Gasteiger partial charge in [-0.05, 0) is 38.1 Å². The number of rotatable bonds is 10. The van der Waals surface area contributed by atoms with Gasteiger partial charge in [-0.2, -0.15) is 0 Å². The first-order chi connectivity index (χ1) is 10.0. The molecule has 0 aliphatic carbocycles. The van der Waals surface area contributed by atoms with Crippen molar-refractivity contribution in [3.05, 3.63) is 34.3 Å². The van der Waals surface area contributed by atoms with Gasteiger partial charge >= 0.3 is 0 Å². The molecule has 0 heterocycles. The van der Waals surface area contributed by atoms with Crippen LogP contribution >= 0.6 is 15.9 Å². The zero-order valence-corrected chi connectivity index (χ0v) is 14.1. The van der Waals surface area contributed by atoms with Crippen LogP contribution in [0.5, 0.6) is 0 Å². The fourth-order valence-corrected chi connectivity index (χ4v) is 2.38. The Morgan fingerprint density at radius 2 is 1.76 bits per heavy atom. The molecule has 0 saturated heterocycles. The number of ketones is 1. The maximum Gasteiger partial charge on any atom is 0.231 e. The second kappa shape index (κ2) is 9.68. The van der Waals surface area contributed by atoms with E-state index in [9.17, 15) is 9.59 Å². The molecule has 0 aromatic heterocycles. The monoisotopic (exact) mass is 354 g/mol. The van der Waals surface area contributed by atoms with Crippen LogP contribution in [0, 0.1) is 0 Å². The zero-order valence-electron chi connectivity index (χ0n) is 12.5. The lowest BCUT2D eigenvalue weighted by Gasteiger charge is -2.20. The highest BCUT2D eigenvalue weighted by molar-refractivity contribution is 9.10. The molecule has 1 rings (SSSR count). The van der Waals surface area contributed by atoms with Gasteiger partial charge in [-0.25, -0.2) is 0 Å². The maximum atomic E-state index is 12.0. The molecular formula is C16H23BrN2O2. The van der Waals surface area contributed by atoms with Crippen molar-refractivity contribution in [3.8, 4) is 0 Å². The zero-order chi connectivity index (χ0) is 15.7. The van der Waals surface area contributed by atoms with Crippen LogP contribution < -0.4 is 5.73 Å². The molecule has 5 heteroatoms. The largest absolute Gasteiger partial charge is 0.369 e. The van der Waals surface area contributed by atoms with E-state index in [1.165, 1.54) is 0 Å². The van der Waals surface area contributed by atoms with Crippen LogP contribution in [-0.4, -0.2) is 36.2 Å². The predicted octanol–water partition coefficient (Wildman–Crippen LogP) is 3.00. The predicted molar refractivity (Wildman–Crippen MR) is 88.2 cm³/mol. The van der Waals surface area contributed by atoms with Gasteiger partial charge in [0.2, 0.25) is 5.91 Å². The van der Waals surface area contributed by atoms with E-state index in [2.05, 4.69) is 22.9 Å². The summed E-state index contributed by atoms with van der Waals surface area (Å²) in [5, 5.41) is 0. The molecule has 2 N–H and O–H groups in total. The van der Waals surface area contributed by atoms with Crippen molar-refractivity contribution >= 4 is 27.6 Å². The SMILES string of the molecule is CCCCN(CCCC(=O)c1ccc(Br)cc1)CC(N)=O. The van der Waals surface area contributed by atoms with E-state index in [1.54, 1.807) is 0 Å². The number of halogens is 1. The molecule has 0 radical (unpaired) electrons. The van der Waals surface area contributed by atoms with Gasteiger partial charge in [0.1, 0.15) is 0 Å². The number of carbonyl (C=O) groups is 2. The van der Waals surface area contributed by atoms with Crippen LogP contribution in [0.1, 0.15) is 43.0 Å². The summed E-state index contributed by atoms with van der Waals surface area (Å²) in [5.74, 6) is -0.178. The first-order valence-corrected chi connectivity index (χ1v) is 8.11. The normalized spacial score (nSPS) is 10.8. The van der Waals surface area contributed by atoms with Gasteiger partial charge in [0, 0.05) is 16.5 Å². The first-order valence-electron chi connectivity index (χ1n) is 7.32. The van der Waals surface area contributed by atoms with Gasteiger partial charge in [0.25, 0.3) is 0 Å². The number of carbonyl (C=O) groups excluding carboxylic acids is 2. The topological polar surface area (TPSA) is 63.4 Å². The summed E-state index contributed by atoms with van der Waals surface area (Å²) in [6, 6.07) is 7.39. The Hall–Kier alpha value is -1.20. The summed E-state index contributed by atoms with van der Waals surface area (Å²) in [6.45, 7) is 3.96. The van der Waals surface area contributed by atoms with Crippen molar-refractivity contribution in [2.45, 2.75) is 32.6 Å². The molecular weight excluding hydrogens is 332 g/mol. The molecule has 0 atom stereocenters.